The van der Waals surface area contributed by atoms with Crippen LogP contribution in [0.15, 0.2) is 24.3 Å². The molecule has 0 aliphatic carbocycles. The van der Waals surface area contributed by atoms with E-state index in [0.717, 1.165) is 48.6 Å². The number of aryl methyl sites for hydroxylation is 3. The molecular weight excluding hydrogens is 356 g/mol. The predicted octanol–water partition coefficient (Wildman–Crippen LogP) is 3.00. The summed E-state index contributed by atoms with van der Waals surface area (Å²) in [5, 5.41) is 2.98. The minimum Gasteiger partial charge on any atom is -0.356 e. The van der Waals surface area contributed by atoms with Crippen LogP contribution in [0.2, 0.25) is 0 Å². The molecule has 2 aromatic rings. The molecule has 2 saturated heterocycles. The minimum absolute atomic E-state index is 0.226. The Labute approximate surface area is 165 Å². The van der Waals surface area contributed by atoms with Crippen molar-refractivity contribution < 1.29 is 14.3 Å². The quantitative estimate of drug-likeness (QED) is 0.879. The van der Waals surface area contributed by atoms with E-state index in [-0.39, 0.29) is 5.91 Å². The van der Waals surface area contributed by atoms with Gasteiger partial charge in [-0.25, -0.2) is 9.97 Å². The SMILES string of the molecule is Cc1ccc(C)c(NC(=O)c2cc(N3CCC4(CC3)OCCO4)nc(C)n2)c1. The molecule has 148 valence electrons. The van der Waals surface area contributed by atoms with Crippen molar-refractivity contribution in [2.24, 2.45) is 0 Å². The van der Waals surface area contributed by atoms with Gasteiger partial charge in [0.05, 0.1) is 13.2 Å². The molecule has 28 heavy (non-hydrogen) atoms. The van der Waals surface area contributed by atoms with Gasteiger partial charge in [0, 0.05) is 37.7 Å². The monoisotopic (exact) mass is 382 g/mol. The molecule has 2 aliphatic rings. The summed E-state index contributed by atoms with van der Waals surface area (Å²) >= 11 is 0. The fraction of sp³-hybridized carbons (Fsp3) is 0.476. The van der Waals surface area contributed by atoms with Crippen molar-refractivity contribution in [2.75, 3.05) is 36.5 Å². The van der Waals surface area contributed by atoms with E-state index < -0.39 is 5.79 Å². The van der Waals surface area contributed by atoms with Gasteiger partial charge in [-0.1, -0.05) is 12.1 Å². The summed E-state index contributed by atoms with van der Waals surface area (Å²) in [5.74, 6) is 0.696. The number of rotatable bonds is 3. The van der Waals surface area contributed by atoms with Crippen LogP contribution in [-0.2, 0) is 9.47 Å². The van der Waals surface area contributed by atoms with E-state index >= 15 is 0 Å². The zero-order valence-electron chi connectivity index (χ0n) is 16.6. The first kappa shape index (κ1) is 18.8. The van der Waals surface area contributed by atoms with Crippen molar-refractivity contribution >= 4 is 17.4 Å². The van der Waals surface area contributed by atoms with Crippen LogP contribution < -0.4 is 10.2 Å². The fourth-order valence-electron chi connectivity index (χ4n) is 3.75. The predicted molar refractivity (Wildman–Crippen MR) is 107 cm³/mol. The third-order valence-corrected chi connectivity index (χ3v) is 5.36. The normalized spacial score (nSPS) is 18.5. The lowest BCUT2D eigenvalue weighted by atomic mass is 10.0. The highest BCUT2D eigenvalue weighted by Gasteiger charge is 2.40. The number of anilines is 2. The van der Waals surface area contributed by atoms with Gasteiger partial charge in [-0.15, -0.1) is 0 Å². The number of aromatic nitrogens is 2. The molecule has 4 rings (SSSR count). The maximum Gasteiger partial charge on any atom is 0.274 e. The van der Waals surface area contributed by atoms with Crippen molar-refractivity contribution in [3.8, 4) is 0 Å². The van der Waals surface area contributed by atoms with E-state index in [1.807, 2.05) is 39.0 Å². The Hall–Kier alpha value is -2.51. The molecule has 0 radical (unpaired) electrons. The molecule has 0 unspecified atom stereocenters. The average Bonchev–Trinajstić information content (AvgIpc) is 3.12. The minimum atomic E-state index is -0.429. The molecule has 1 aromatic carbocycles. The summed E-state index contributed by atoms with van der Waals surface area (Å²) in [6.45, 7) is 8.66. The van der Waals surface area contributed by atoms with Gasteiger partial charge in [-0.05, 0) is 38.0 Å². The van der Waals surface area contributed by atoms with Crippen LogP contribution in [0.1, 0.15) is 40.3 Å². The van der Waals surface area contributed by atoms with E-state index in [0.29, 0.717) is 24.7 Å². The summed E-state index contributed by atoms with van der Waals surface area (Å²) < 4.78 is 11.6. The van der Waals surface area contributed by atoms with Gasteiger partial charge >= 0.3 is 0 Å². The van der Waals surface area contributed by atoms with Gasteiger partial charge in [0.25, 0.3) is 5.91 Å². The molecular formula is C21H26N4O3. The first-order valence-electron chi connectivity index (χ1n) is 9.71. The van der Waals surface area contributed by atoms with Crippen molar-refractivity contribution in [3.05, 3.63) is 46.9 Å². The summed E-state index contributed by atoms with van der Waals surface area (Å²) in [4.78, 5) is 23.9. The number of hydrogen-bond donors (Lipinski definition) is 1. The molecule has 1 N–H and O–H groups in total. The van der Waals surface area contributed by atoms with E-state index in [2.05, 4.69) is 20.2 Å². The Morgan fingerprint density at radius 3 is 2.50 bits per heavy atom. The lowest BCUT2D eigenvalue weighted by molar-refractivity contribution is -0.169. The van der Waals surface area contributed by atoms with Crippen molar-refractivity contribution in [2.45, 2.75) is 39.4 Å². The highest BCUT2D eigenvalue weighted by molar-refractivity contribution is 6.03. The zero-order chi connectivity index (χ0) is 19.7. The van der Waals surface area contributed by atoms with Crippen molar-refractivity contribution in [1.82, 2.24) is 9.97 Å². The first-order chi connectivity index (χ1) is 13.4. The van der Waals surface area contributed by atoms with Crippen LogP contribution in [0, 0.1) is 20.8 Å². The number of hydrogen-bond acceptors (Lipinski definition) is 6. The third-order valence-electron chi connectivity index (χ3n) is 5.36. The summed E-state index contributed by atoms with van der Waals surface area (Å²) in [7, 11) is 0. The van der Waals surface area contributed by atoms with Gasteiger partial charge in [0.2, 0.25) is 0 Å². The topological polar surface area (TPSA) is 76.6 Å². The maximum atomic E-state index is 12.8. The lowest BCUT2D eigenvalue weighted by Gasteiger charge is -2.38. The number of benzene rings is 1. The zero-order valence-corrected chi connectivity index (χ0v) is 16.6. The molecule has 7 heteroatoms. The number of carbonyl (C=O) groups excluding carboxylic acids is 1. The Balaban J connectivity index is 1.51. The molecule has 2 aliphatic heterocycles. The van der Waals surface area contributed by atoms with E-state index in [1.165, 1.54) is 0 Å². The Morgan fingerprint density at radius 2 is 1.79 bits per heavy atom. The summed E-state index contributed by atoms with van der Waals surface area (Å²) in [6.07, 6.45) is 1.58. The van der Waals surface area contributed by atoms with Gasteiger partial charge in [0.1, 0.15) is 17.3 Å². The van der Waals surface area contributed by atoms with Crippen LogP contribution in [0.4, 0.5) is 11.5 Å². The van der Waals surface area contributed by atoms with Crippen molar-refractivity contribution in [3.63, 3.8) is 0 Å². The highest BCUT2D eigenvalue weighted by Crippen LogP contribution is 2.32. The fourth-order valence-corrected chi connectivity index (χ4v) is 3.75. The number of piperidine rings is 1. The Bertz CT molecular complexity index is 883. The highest BCUT2D eigenvalue weighted by atomic mass is 16.7. The molecule has 0 atom stereocenters. The Kier molecular flexibility index (Phi) is 5.03. The molecule has 1 aromatic heterocycles. The summed E-state index contributed by atoms with van der Waals surface area (Å²) in [5.41, 5.74) is 3.29. The molecule has 2 fully saturated rings. The van der Waals surface area contributed by atoms with Gasteiger partial charge in [-0.3, -0.25) is 4.79 Å². The summed E-state index contributed by atoms with van der Waals surface area (Å²) in [6, 6.07) is 7.76. The molecule has 0 bridgehead atoms. The second kappa shape index (κ2) is 7.48. The molecule has 0 saturated carbocycles. The number of amides is 1. The second-order valence-corrected chi connectivity index (χ2v) is 7.53. The number of carbonyl (C=O) groups is 1. The van der Waals surface area contributed by atoms with Crippen molar-refractivity contribution in [1.29, 1.82) is 0 Å². The van der Waals surface area contributed by atoms with Gasteiger partial charge < -0.3 is 19.7 Å². The largest absolute Gasteiger partial charge is 0.356 e. The second-order valence-electron chi connectivity index (χ2n) is 7.53. The van der Waals surface area contributed by atoms with Crippen LogP contribution >= 0.6 is 0 Å². The number of nitrogens with one attached hydrogen (secondary N) is 1. The van der Waals surface area contributed by atoms with Crippen LogP contribution in [0.5, 0.6) is 0 Å². The standard InChI is InChI=1S/C21H26N4O3/c1-14-4-5-15(2)17(12-14)24-20(26)18-13-19(23-16(3)22-18)25-8-6-21(7-9-25)27-10-11-28-21/h4-5,12-13H,6-11H2,1-3H3,(H,24,26). The third kappa shape index (κ3) is 3.86. The molecule has 7 nitrogen and oxygen atoms in total. The molecule has 1 spiro atoms. The van der Waals surface area contributed by atoms with Gasteiger partial charge in [0.15, 0.2) is 5.79 Å². The lowest BCUT2D eigenvalue weighted by Crippen LogP contribution is -2.45. The Morgan fingerprint density at radius 1 is 1.07 bits per heavy atom. The molecule has 1 amide bonds. The van der Waals surface area contributed by atoms with Crippen LogP contribution in [-0.4, -0.2) is 48.0 Å². The van der Waals surface area contributed by atoms with Gasteiger partial charge in [-0.2, -0.15) is 0 Å². The maximum absolute atomic E-state index is 12.8. The average molecular weight is 382 g/mol. The van der Waals surface area contributed by atoms with Crippen LogP contribution in [0.3, 0.4) is 0 Å². The van der Waals surface area contributed by atoms with Crippen LogP contribution in [0.25, 0.3) is 0 Å². The molecule has 3 heterocycles. The first-order valence-corrected chi connectivity index (χ1v) is 9.71. The smallest absolute Gasteiger partial charge is 0.274 e. The van der Waals surface area contributed by atoms with E-state index in [4.69, 9.17) is 9.47 Å². The van der Waals surface area contributed by atoms with E-state index in [9.17, 15) is 4.79 Å². The van der Waals surface area contributed by atoms with E-state index in [1.54, 1.807) is 6.07 Å². The number of nitrogens with zero attached hydrogens (tertiary/aromatic N) is 3. The number of ether oxygens (including phenoxy) is 2.